The molecule has 4 rings (SSSR count). The van der Waals surface area contributed by atoms with Crippen LogP contribution in [0, 0.1) is 5.92 Å². The molecule has 0 saturated heterocycles. The van der Waals surface area contributed by atoms with E-state index >= 15 is 0 Å². The fourth-order valence-corrected chi connectivity index (χ4v) is 3.89. The number of rotatable bonds is 10. The van der Waals surface area contributed by atoms with E-state index in [4.69, 9.17) is 9.73 Å². The third kappa shape index (κ3) is 7.62. The molecule has 2 aromatic carbocycles. The van der Waals surface area contributed by atoms with Crippen molar-refractivity contribution in [1.29, 1.82) is 0 Å². The molecule has 1 amide bonds. The van der Waals surface area contributed by atoms with Crippen molar-refractivity contribution >= 4 is 35.8 Å². The Morgan fingerprint density at radius 1 is 1.06 bits per heavy atom. The first-order valence-corrected chi connectivity index (χ1v) is 11.8. The summed E-state index contributed by atoms with van der Waals surface area (Å²) in [5.41, 5.74) is 3.62. The number of guanidine groups is 1. The summed E-state index contributed by atoms with van der Waals surface area (Å²) in [4.78, 5) is 19.3. The van der Waals surface area contributed by atoms with Gasteiger partial charge in [0.2, 0.25) is 5.91 Å². The molecular weight excluding hydrogens is 527 g/mol. The Morgan fingerprint density at radius 3 is 2.45 bits per heavy atom. The first kappa shape index (κ1) is 25.3. The molecule has 0 unspecified atom stereocenters. The van der Waals surface area contributed by atoms with Gasteiger partial charge in [-0.25, -0.2) is 4.99 Å². The number of carbonyl (C=O) groups is 1. The van der Waals surface area contributed by atoms with Crippen LogP contribution in [0.15, 0.2) is 53.5 Å². The number of carbonyl (C=O) groups excluding carboxylic acids is 1. The van der Waals surface area contributed by atoms with Crippen LogP contribution in [0.25, 0.3) is 0 Å². The van der Waals surface area contributed by atoms with E-state index in [1.165, 1.54) is 24.0 Å². The molecule has 6 nitrogen and oxygen atoms in total. The van der Waals surface area contributed by atoms with Gasteiger partial charge in [0.05, 0.1) is 13.2 Å². The van der Waals surface area contributed by atoms with Crippen LogP contribution in [0.5, 0.6) is 5.75 Å². The maximum Gasteiger partial charge on any atom is 0.223 e. The summed E-state index contributed by atoms with van der Waals surface area (Å²) in [5.74, 6) is 2.64. The second kappa shape index (κ2) is 12.8. The number of nitrogens with zero attached hydrogens (tertiary/aromatic N) is 2. The van der Waals surface area contributed by atoms with Crippen LogP contribution in [0.1, 0.15) is 49.3 Å². The lowest BCUT2D eigenvalue weighted by atomic mass is 10.1. The van der Waals surface area contributed by atoms with Crippen molar-refractivity contribution in [2.45, 2.75) is 52.2 Å². The van der Waals surface area contributed by atoms with Gasteiger partial charge in [-0.15, -0.1) is 24.0 Å². The molecule has 1 aliphatic carbocycles. The summed E-state index contributed by atoms with van der Waals surface area (Å²) in [6.07, 6.45) is 3.87. The van der Waals surface area contributed by atoms with Gasteiger partial charge in [-0.3, -0.25) is 4.79 Å². The minimum absolute atomic E-state index is 0. The molecule has 0 bridgehead atoms. The Balaban J connectivity index is 0.00000306. The van der Waals surface area contributed by atoms with Gasteiger partial charge in [0, 0.05) is 38.2 Å². The fourth-order valence-electron chi connectivity index (χ4n) is 3.89. The Hall–Kier alpha value is -2.29. The minimum Gasteiger partial charge on any atom is -0.493 e. The maximum absolute atomic E-state index is 12.6. The SMILES string of the molecule is CCNC(=NCc1ccccc1OCC1CC1)NCCCC(=O)N1Cc2ccccc2C1.I. The topological polar surface area (TPSA) is 66.0 Å². The highest BCUT2D eigenvalue weighted by Crippen LogP contribution is 2.30. The summed E-state index contributed by atoms with van der Waals surface area (Å²) < 4.78 is 6.00. The maximum atomic E-state index is 12.6. The van der Waals surface area contributed by atoms with Crippen molar-refractivity contribution in [2.75, 3.05) is 19.7 Å². The van der Waals surface area contributed by atoms with Crippen LogP contribution < -0.4 is 15.4 Å². The van der Waals surface area contributed by atoms with Crippen molar-refractivity contribution in [1.82, 2.24) is 15.5 Å². The number of nitrogens with one attached hydrogen (secondary N) is 2. The van der Waals surface area contributed by atoms with E-state index in [1.54, 1.807) is 0 Å². The van der Waals surface area contributed by atoms with E-state index in [0.29, 0.717) is 19.5 Å². The van der Waals surface area contributed by atoms with Gasteiger partial charge < -0.3 is 20.3 Å². The molecule has 0 aromatic heterocycles. The molecule has 2 aromatic rings. The number of hydrogen-bond donors (Lipinski definition) is 2. The summed E-state index contributed by atoms with van der Waals surface area (Å²) in [6.45, 7) is 6.37. The van der Waals surface area contributed by atoms with E-state index in [1.807, 2.05) is 35.2 Å². The quantitative estimate of drug-likeness (QED) is 0.194. The third-order valence-electron chi connectivity index (χ3n) is 5.95. The fraction of sp³-hybridized carbons (Fsp3) is 0.462. The molecule has 1 fully saturated rings. The van der Waals surface area contributed by atoms with Crippen molar-refractivity contribution in [3.05, 3.63) is 65.2 Å². The largest absolute Gasteiger partial charge is 0.493 e. The zero-order valence-corrected chi connectivity index (χ0v) is 21.7. The van der Waals surface area contributed by atoms with E-state index < -0.39 is 0 Å². The molecule has 178 valence electrons. The third-order valence-corrected chi connectivity index (χ3v) is 5.95. The molecule has 0 radical (unpaired) electrons. The highest BCUT2D eigenvalue weighted by Gasteiger charge is 2.23. The molecule has 0 atom stereocenters. The number of fused-ring (bicyclic) bond motifs is 1. The lowest BCUT2D eigenvalue weighted by molar-refractivity contribution is -0.131. The molecular formula is C26H35IN4O2. The standard InChI is InChI=1S/C26H34N4O2.HI/c1-2-27-26(29-16-21-8-5-6-11-24(21)32-19-20-13-14-20)28-15-7-12-25(31)30-17-22-9-3-4-10-23(22)18-30;/h3-6,8-11,20H,2,7,12-19H2,1H3,(H2,27,28,29);1H. The van der Waals surface area contributed by atoms with Gasteiger partial charge in [-0.1, -0.05) is 42.5 Å². The van der Waals surface area contributed by atoms with Gasteiger partial charge in [-0.05, 0) is 49.3 Å². The van der Waals surface area contributed by atoms with Crippen LogP contribution in [-0.2, 0) is 24.4 Å². The predicted molar refractivity (Wildman–Crippen MR) is 143 cm³/mol. The molecule has 2 aliphatic rings. The van der Waals surface area contributed by atoms with Gasteiger partial charge in [0.1, 0.15) is 5.75 Å². The number of amides is 1. The van der Waals surface area contributed by atoms with E-state index in [-0.39, 0.29) is 29.9 Å². The molecule has 0 spiro atoms. The average molecular weight is 562 g/mol. The van der Waals surface area contributed by atoms with Crippen LogP contribution in [0.4, 0.5) is 0 Å². The van der Waals surface area contributed by atoms with Gasteiger partial charge in [0.15, 0.2) is 5.96 Å². The number of ether oxygens (including phenoxy) is 1. The molecule has 1 saturated carbocycles. The van der Waals surface area contributed by atoms with Crippen LogP contribution in [-0.4, -0.2) is 36.5 Å². The highest BCUT2D eigenvalue weighted by molar-refractivity contribution is 14.0. The lowest BCUT2D eigenvalue weighted by Gasteiger charge is -2.16. The number of para-hydroxylation sites is 1. The Bertz CT molecular complexity index is 920. The second-order valence-corrected chi connectivity index (χ2v) is 8.61. The number of aliphatic imine (C=N–C) groups is 1. The van der Waals surface area contributed by atoms with Crippen molar-refractivity contribution in [3.8, 4) is 5.75 Å². The number of halogens is 1. The summed E-state index contributed by atoms with van der Waals surface area (Å²) in [5, 5.41) is 6.65. The predicted octanol–water partition coefficient (Wildman–Crippen LogP) is 4.47. The van der Waals surface area contributed by atoms with E-state index in [0.717, 1.165) is 55.9 Å². The highest BCUT2D eigenvalue weighted by atomic mass is 127. The second-order valence-electron chi connectivity index (χ2n) is 8.61. The normalized spacial score (nSPS) is 14.9. The first-order valence-electron chi connectivity index (χ1n) is 11.8. The monoisotopic (exact) mass is 562 g/mol. The van der Waals surface area contributed by atoms with Gasteiger partial charge >= 0.3 is 0 Å². The van der Waals surface area contributed by atoms with E-state index in [2.05, 4.69) is 35.8 Å². The lowest BCUT2D eigenvalue weighted by Crippen LogP contribution is -2.38. The summed E-state index contributed by atoms with van der Waals surface area (Å²) >= 11 is 0. The van der Waals surface area contributed by atoms with Gasteiger partial charge in [-0.2, -0.15) is 0 Å². The first-order chi connectivity index (χ1) is 15.7. The molecule has 1 heterocycles. The van der Waals surface area contributed by atoms with Crippen LogP contribution in [0.2, 0.25) is 0 Å². The van der Waals surface area contributed by atoms with Crippen molar-refractivity contribution in [3.63, 3.8) is 0 Å². The molecule has 7 heteroatoms. The Kier molecular flexibility index (Phi) is 9.84. The van der Waals surface area contributed by atoms with Crippen LogP contribution >= 0.6 is 24.0 Å². The van der Waals surface area contributed by atoms with E-state index in [9.17, 15) is 4.79 Å². The van der Waals surface area contributed by atoms with Crippen molar-refractivity contribution in [2.24, 2.45) is 10.9 Å². The van der Waals surface area contributed by atoms with Crippen molar-refractivity contribution < 1.29 is 9.53 Å². The zero-order chi connectivity index (χ0) is 22.2. The summed E-state index contributed by atoms with van der Waals surface area (Å²) in [6, 6.07) is 16.4. The average Bonchev–Trinajstić information content (AvgIpc) is 3.54. The Morgan fingerprint density at radius 2 is 1.76 bits per heavy atom. The van der Waals surface area contributed by atoms with Gasteiger partial charge in [0.25, 0.3) is 0 Å². The molecule has 1 aliphatic heterocycles. The zero-order valence-electron chi connectivity index (χ0n) is 19.4. The number of hydrogen-bond acceptors (Lipinski definition) is 3. The summed E-state index contributed by atoms with van der Waals surface area (Å²) in [7, 11) is 0. The molecule has 2 N–H and O–H groups in total. The smallest absolute Gasteiger partial charge is 0.223 e. The van der Waals surface area contributed by atoms with Crippen LogP contribution in [0.3, 0.4) is 0 Å². The number of benzene rings is 2. The molecule has 33 heavy (non-hydrogen) atoms. The Labute approximate surface area is 214 Å². The minimum atomic E-state index is 0.